The number of nitrogens with one attached hydrogen (secondary N) is 2. The molecule has 0 fully saturated rings. The van der Waals surface area contributed by atoms with Crippen molar-refractivity contribution in [3.63, 3.8) is 0 Å². The van der Waals surface area contributed by atoms with Crippen molar-refractivity contribution >= 4 is 23.4 Å². The number of hydrogen-bond donors (Lipinski definition) is 2. The van der Waals surface area contributed by atoms with Crippen molar-refractivity contribution in [1.29, 1.82) is 0 Å². The molecule has 1 amide bonds. The van der Waals surface area contributed by atoms with Gasteiger partial charge in [0.25, 0.3) is 0 Å². The second kappa shape index (κ2) is 5.97. The zero-order chi connectivity index (χ0) is 13.9. The van der Waals surface area contributed by atoms with E-state index in [4.69, 9.17) is 0 Å². The first-order valence-electron chi connectivity index (χ1n) is 6.70. The summed E-state index contributed by atoms with van der Waals surface area (Å²) in [4.78, 5) is 11.9. The van der Waals surface area contributed by atoms with Gasteiger partial charge >= 0.3 is 0 Å². The highest BCUT2D eigenvalue weighted by Gasteiger charge is 2.14. The normalized spacial score (nSPS) is 14.9. The van der Waals surface area contributed by atoms with E-state index in [0.29, 0.717) is 5.75 Å². The predicted octanol–water partition coefficient (Wildman–Crippen LogP) is 2.80. The number of benzene rings is 1. The van der Waals surface area contributed by atoms with Crippen LogP contribution < -0.4 is 10.6 Å². The number of thioether (sulfide) groups is 1. The number of amides is 1. The third-order valence-corrected chi connectivity index (χ3v) is 4.29. The van der Waals surface area contributed by atoms with Crippen molar-refractivity contribution in [3.8, 4) is 0 Å². The molecule has 2 N–H and O–H groups in total. The molecule has 19 heavy (non-hydrogen) atoms. The van der Waals surface area contributed by atoms with E-state index in [-0.39, 0.29) is 10.7 Å². The Morgan fingerprint density at radius 2 is 2.16 bits per heavy atom. The van der Waals surface area contributed by atoms with E-state index in [0.717, 1.165) is 25.2 Å². The summed E-state index contributed by atoms with van der Waals surface area (Å²) >= 11 is 1.67. The summed E-state index contributed by atoms with van der Waals surface area (Å²) in [5.41, 5.74) is 3.59. The van der Waals surface area contributed by atoms with Gasteiger partial charge in [0.05, 0.1) is 5.75 Å². The van der Waals surface area contributed by atoms with Crippen molar-refractivity contribution in [1.82, 2.24) is 5.32 Å². The maximum Gasteiger partial charge on any atom is 0.234 e. The van der Waals surface area contributed by atoms with Crippen molar-refractivity contribution < 1.29 is 4.79 Å². The molecule has 104 valence electrons. The number of carbonyl (C=O) groups is 1. The van der Waals surface area contributed by atoms with Crippen LogP contribution in [-0.4, -0.2) is 23.0 Å². The molecule has 1 heterocycles. The predicted molar refractivity (Wildman–Crippen MR) is 82.7 cm³/mol. The molecule has 1 aliphatic rings. The van der Waals surface area contributed by atoms with Gasteiger partial charge in [0.15, 0.2) is 0 Å². The van der Waals surface area contributed by atoms with Gasteiger partial charge < -0.3 is 10.6 Å². The molecule has 1 aliphatic heterocycles. The monoisotopic (exact) mass is 278 g/mol. The van der Waals surface area contributed by atoms with Gasteiger partial charge in [-0.1, -0.05) is 26.8 Å². The number of rotatable bonds is 3. The topological polar surface area (TPSA) is 41.1 Å². The fourth-order valence-corrected chi connectivity index (χ4v) is 2.67. The van der Waals surface area contributed by atoms with E-state index < -0.39 is 0 Å². The fraction of sp³-hybridized carbons (Fsp3) is 0.533. The zero-order valence-electron chi connectivity index (χ0n) is 11.9. The summed E-state index contributed by atoms with van der Waals surface area (Å²) in [6.07, 6.45) is 1.07. The minimum atomic E-state index is 0.0728. The molecule has 2 rings (SSSR count). The Kier molecular flexibility index (Phi) is 4.53. The SMILES string of the molecule is CC(C)(C)SCC(=O)Nc1ccc2c(c1)CNCC2. The third kappa shape index (κ3) is 4.55. The lowest BCUT2D eigenvalue weighted by atomic mass is 10.0. The van der Waals surface area contributed by atoms with E-state index in [1.165, 1.54) is 11.1 Å². The highest BCUT2D eigenvalue weighted by molar-refractivity contribution is 8.01. The van der Waals surface area contributed by atoms with Gasteiger partial charge in [-0.2, -0.15) is 0 Å². The Balaban J connectivity index is 1.94. The maximum atomic E-state index is 11.9. The number of fused-ring (bicyclic) bond motifs is 1. The van der Waals surface area contributed by atoms with E-state index in [1.807, 2.05) is 6.07 Å². The van der Waals surface area contributed by atoms with E-state index in [1.54, 1.807) is 11.8 Å². The first-order valence-corrected chi connectivity index (χ1v) is 7.69. The van der Waals surface area contributed by atoms with Crippen LogP contribution in [0.15, 0.2) is 18.2 Å². The summed E-state index contributed by atoms with van der Waals surface area (Å²) in [7, 11) is 0. The van der Waals surface area contributed by atoms with Gasteiger partial charge in [-0.15, -0.1) is 11.8 Å². The van der Waals surface area contributed by atoms with Crippen LogP contribution >= 0.6 is 11.8 Å². The van der Waals surface area contributed by atoms with Crippen LogP contribution in [0.1, 0.15) is 31.9 Å². The molecular formula is C15H22N2OS. The van der Waals surface area contributed by atoms with Gasteiger partial charge in [-0.3, -0.25) is 4.79 Å². The third-order valence-electron chi connectivity index (χ3n) is 3.01. The van der Waals surface area contributed by atoms with Crippen LogP contribution in [0, 0.1) is 0 Å². The molecule has 0 unspecified atom stereocenters. The standard InChI is InChI=1S/C15H22N2OS/c1-15(2,3)19-10-14(18)17-13-5-4-11-6-7-16-9-12(11)8-13/h4-5,8,16H,6-7,9-10H2,1-3H3,(H,17,18). The lowest BCUT2D eigenvalue weighted by Gasteiger charge is -2.19. The molecule has 0 radical (unpaired) electrons. The average molecular weight is 278 g/mol. The van der Waals surface area contributed by atoms with Crippen molar-refractivity contribution in [3.05, 3.63) is 29.3 Å². The largest absolute Gasteiger partial charge is 0.325 e. The molecule has 0 aromatic heterocycles. The second-order valence-corrected chi connectivity index (χ2v) is 7.66. The summed E-state index contributed by atoms with van der Waals surface area (Å²) < 4.78 is 0.122. The summed E-state index contributed by atoms with van der Waals surface area (Å²) in [6.45, 7) is 8.30. The van der Waals surface area contributed by atoms with Crippen LogP contribution in [0.3, 0.4) is 0 Å². The van der Waals surface area contributed by atoms with Crippen LogP contribution in [0.5, 0.6) is 0 Å². The Bertz CT molecular complexity index is 466. The molecule has 0 saturated carbocycles. The van der Waals surface area contributed by atoms with Gasteiger partial charge in [-0.25, -0.2) is 0 Å². The molecule has 1 aromatic rings. The second-order valence-electron chi connectivity index (χ2n) is 5.86. The van der Waals surface area contributed by atoms with Gasteiger partial charge in [0.2, 0.25) is 5.91 Å². The van der Waals surface area contributed by atoms with Gasteiger partial charge in [-0.05, 0) is 36.2 Å². The maximum absolute atomic E-state index is 11.9. The van der Waals surface area contributed by atoms with Crippen LogP contribution in [0.25, 0.3) is 0 Å². The lowest BCUT2D eigenvalue weighted by molar-refractivity contribution is -0.113. The van der Waals surface area contributed by atoms with Crippen molar-refractivity contribution in [2.45, 2.75) is 38.5 Å². The van der Waals surface area contributed by atoms with E-state index >= 15 is 0 Å². The Morgan fingerprint density at radius 3 is 2.89 bits per heavy atom. The molecule has 0 aliphatic carbocycles. The Labute approximate surface area is 119 Å². The summed E-state index contributed by atoms with van der Waals surface area (Å²) in [5.74, 6) is 0.572. The molecule has 4 heteroatoms. The van der Waals surface area contributed by atoms with Crippen LogP contribution in [-0.2, 0) is 17.8 Å². The molecule has 1 aromatic carbocycles. The summed E-state index contributed by atoms with van der Waals surface area (Å²) in [5, 5.41) is 6.33. The molecule has 0 bridgehead atoms. The quantitative estimate of drug-likeness (QED) is 0.893. The molecule has 3 nitrogen and oxygen atoms in total. The van der Waals surface area contributed by atoms with E-state index in [2.05, 4.69) is 43.5 Å². The Morgan fingerprint density at radius 1 is 1.37 bits per heavy atom. The molecule has 0 atom stereocenters. The summed E-state index contributed by atoms with van der Waals surface area (Å²) in [6, 6.07) is 6.22. The van der Waals surface area contributed by atoms with E-state index in [9.17, 15) is 4.79 Å². The average Bonchev–Trinajstić information content (AvgIpc) is 2.35. The highest BCUT2D eigenvalue weighted by Crippen LogP contribution is 2.23. The number of carbonyl (C=O) groups excluding carboxylic acids is 1. The first-order chi connectivity index (χ1) is 8.94. The lowest BCUT2D eigenvalue weighted by Crippen LogP contribution is -2.24. The smallest absolute Gasteiger partial charge is 0.234 e. The Hall–Kier alpha value is -1.00. The number of hydrogen-bond acceptors (Lipinski definition) is 3. The highest BCUT2D eigenvalue weighted by atomic mass is 32.2. The number of anilines is 1. The zero-order valence-corrected chi connectivity index (χ0v) is 12.7. The van der Waals surface area contributed by atoms with Gasteiger partial charge in [0.1, 0.15) is 0 Å². The van der Waals surface area contributed by atoms with Gasteiger partial charge in [0, 0.05) is 17.0 Å². The molecule has 0 spiro atoms. The molecular weight excluding hydrogens is 256 g/mol. The minimum absolute atomic E-state index is 0.0728. The van der Waals surface area contributed by atoms with Crippen LogP contribution in [0.4, 0.5) is 5.69 Å². The molecule has 0 saturated heterocycles. The minimum Gasteiger partial charge on any atom is -0.325 e. The van der Waals surface area contributed by atoms with Crippen LogP contribution in [0.2, 0.25) is 0 Å². The first kappa shape index (κ1) is 14.4. The fourth-order valence-electron chi connectivity index (χ4n) is 2.04. The van der Waals surface area contributed by atoms with Crippen molar-refractivity contribution in [2.24, 2.45) is 0 Å². The van der Waals surface area contributed by atoms with Crippen molar-refractivity contribution in [2.75, 3.05) is 17.6 Å².